The fourth-order valence-electron chi connectivity index (χ4n) is 1.18. The van der Waals surface area contributed by atoms with Gasteiger partial charge in [-0.15, -0.1) is 0 Å². The fraction of sp³-hybridized carbons (Fsp3) is 0.462. The summed E-state index contributed by atoms with van der Waals surface area (Å²) in [7, 11) is 0. The summed E-state index contributed by atoms with van der Waals surface area (Å²) < 4.78 is 9.43. The number of pyridine rings is 1. The highest BCUT2D eigenvalue weighted by molar-refractivity contribution is 5.91. The predicted molar refractivity (Wildman–Crippen MR) is 70.3 cm³/mol. The van der Waals surface area contributed by atoms with Crippen molar-refractivity contribution in [2.45, 2.75) is 27.7 Å². The standard InChI is InChI=1S/C11H13NO5.C2H6/c1-3-16-10(14)8-5-7(13)6-9(12-8)11(15)17-4-2;1-2/h5-6H,3-4H2,1-2H3,(H,12,13);1-2H3. The van der Waals surface area contributed by atoms with Crippen LogP contribution in [0.15, 0.2) is 16.9 Å². The van der Waals surface area contributed by atoms with Gasteiger partial charge in [-0.2, -0.15) is 0 Å². The van der Waals surface area contributed by atoms with Crippen molar-refractivity contribution in [3.63, 3.8) is 0 Å². The number of carbonyl (C=O) groups excluding carboxylic acids is 2. The zero-order valence-corrected chi connectivity index (χ0v) is 11.6. The van der Waals surface area contributed by atoms with Crippen molar-refractivity contribution < 1.29 is 19.1 Å². The van der Waals surface area contributed by atoms with Crippen molar-refractivity contribution >= 4 is 11.9 Å². The van der Waals surface area contributed by atoms with Gasteiger partial charge in [-0.3, -0.25) is 4.79 Å². The van der Waals surface area contributed by atoms with Crippen molar-refractivity contribution in [1.29, 1.82) is 0 Å². The monoisotopic (exact) mass is 269 g/mol. The minimum atomic E-state index is -0.684. The smallest absolute Gasteiger partial charge is 0.354 e. The van der Waals surface area contributed by atoms with Gasteiger partial charge in [0.05, 0.1) is 13.2 Å². The highest BCUT2D eigenvalue weighted by atomic mass is 16.5. The first-order valence-electron chi connectivity index (χ1n) is 6.17. The van der Waals surface area contributed by atoms with Crippen LogP contribution in [0.25, 0.3) is 0 Å². The normalized spacial score (nSPS) is 9.05. The van der Waals surface area contributed by atoms with E-state index in [4.69, 9.17) is 9.47 Å². The zero-order valence-electron chi connectivity index (χ0n) is 11.6. The van der Waals surface area contributed by atoms with E-state index in [0.29, 0.717) is 0 Å². The first kappa shape index (κ1) is 16.9. The number of aromatic nitrogens is 1. The average Bonchev–Trinajstić information content (AvgIpc) is 2.41. The van der Waals surface area contributed by atoms with Gasteiger partial charge >= 0.3 is 11.9 Å². The van der Waals surface area contributed by atoms with E-state index in [1.54, 1.807) is 13.8 Å². The van der Waals surface area contributed by atoms with Crippen LogP contribution in [-0.2, 0) is 9.47 Å². The number of nitrogens with one attached hydrogen (secondary N) is 1. The van der Waals surface area contributed by atoms with Crippen LogP contribution >= 0.6 is 0 Å². The Kier molecular flexibility index (Phi) is 7.92. The zero-order chi connectivity index (χ0) is 14.8. The second kappa shape index (κ2) is 8.91. The lowest BCUT2D eigenvalue weighted by Crippen LogP contribution is -2.17. The third-order valence-electron chi connectivity index (χ3n) is 1.83. The minimum Gasteiger partial charge on any atom is -0.461 e. The molecule has 0 aromatic carbocycles. The van der Waals surface area contributed by atoms with Crippen LogP contribution in [0, 0.1) is 0 Å². The molecule has 0 atom stereocenters. The minimum absolute atomic E-state index is 0.0672. The van der Waals surface area contributed by atoms with Gasteiger partial charge in [0, 0.05) is 12.1 Å². The van der Waals surface area contributed by atoms with E-state index in [9.17, 15) is 14.4 Å². The van der Waals surface area contributed by atoms with Crippen LogP contribution in [0.5, 0.6) is 0 Å². The first-order valence-corrected chi connectivity index (χ1v) is 6.17. The van der Waals surface area contributed by atoms with Gasteiger partial charge in [0.15, 0.2) is 5.43 Å². The first-order chi connectivity index (χ1) is 9.08. The molecule has 6 nitrogen and oxygen atoms in total. The van der Waals surface area contributed by atoms with Gasteiger partial charge in [0.1, 0.15) is 11.4 Å². The Labute approximate surface area is 111 Å². The number of aromatic amines is 1. The summed E-state index contributed by atoms with van der Waals surface area (Å²) in [5.74, 6) is -1.37. The summed E-state index contributed by atoms with van der Waals surface area (Å²) in [5, 5.41) is 0. The SMILES string of the molecule is CC.CCOC(=O)c1cc(=O)cc(C(=O)OCC)[nH]1. The second-order valence-corrected chi connectivity index (χ2v) is 3.08. The maximum absolute atomic E-state index is 11.4. The van der Waals surface area contributed by atoms with Crippen LogP contribution in [0.4, 0.5) is 0 Å². The summed E-state index contributed by atoms with van der Waals surface area (Å²) in [5.41, 5.74) is -0.598. The summed E-state index contributed by atoms with van der Waals surface area (Å²) in [6.07, 6.45) is 0. The Morgan fingerprint density at radius 1 is 1.00 bits per heavy atom. The Bertz CT molecular complexity index is 439. The topological polar surface area (TPSA) is 85.5 Å². The van der Waals surface area contributed by atoms with Gasteiger partial charge in [0.25, 0.3) is 0 Å². The largest absolute Gasteiger partial charge is 0.461 e. The molecule has 0 aliphatic carbocycles. The van der Waals surface area contributed by atoms with Gasteiger partial charge in [-0.05, 0) is 13.8 Å². The Balaban J connectivity index is 0.00000154. The van der Waals surface area contributed by atoms with Crippen LogP contribution in [0.2, 0.25) is 0 Å². The number of esters is 2. The van der Waals surface area contributed by atoms with E-state index in [-0.39, 0.29) is 24.6 Å². The predicted octanol–water partition coefficient (Wildman–Crippen LogP) is 1.75. The van der Waals surface area contributed by atoms with Crippen molar-refractivity contribution in [2.75, 3.05) is 13.2 Å². The molecule has 0 saturated heterocycles. The van der Waals surface area contributed by atoms with Gasteiger partial charge in [-0.25, -0.2) is 9.59 Å². The van der Waals surface area contributed by atoms with E-state index in [1.165, 1.54) is 0 Å². The average molecular weight is 269 g/mol. The highest BCUT2D eigenvalue weighted by Gasteiger charge is 2.13. The molecule has 0 unspecified atom stereocenters. The van der Waals surface area contributed by atoms with Crippen LogP contribution in [0.1, 0.15) is 48.7 Å². The molecule has 1 rings (SSSR count). The van der Waals surface area contributed by atoms with Gasteiger partial charge in [-0.1, -0.05) is 13.8 Å². The lowest BCUT2D eigenvalue weighted by Gasteiger charge is -2.05. The molecule has 1 aromatic rings. The number of ether oxygens (including phenoxy) is 2. The molecule has 1 aromatic heterocycles. The van der Waals surface area contributed by atoms with Crippen LogP contribution < -0.4 is 5.43 Å². The molecule has 0 aliphatic heterocycles. The van der Waals surface area contributed by atoms with Crippen LogP contribution in [0.3, 0.4) is 0 Å². The third-order valence-corrected chi connectivity index (χ3v) is 1.83. The molecular formula is C13H19NO5. The molecule has 6 heteroatoms. The molecule has 0 fully saturated rings. The number of H-pyrrole nitrogens is 1. The lowest BCUT2D eigenvalue weighted by atomic mass is 10.3. The lowest BCUT2D eigenvalue weighted by molar-refractivity contribution is 0.0511. The molecule has 0 amide bonds. The second-order valence-electron chi connectivity index (χ2n) is 3.08. The number of carbonyl (C=O) groups is 2. The summed E-state index contributed by atoms with van der Waals surface area (Å²) in [4.78, 5) is 36.6. The molecule has 0 saturated carbocycles. The van der Waals surface area contributed by atoms with Crippen molar-refractivity contribution in [3.05, 3.63) is 33.7 Å². The molecule has 0 aliphatic rings. The van der Waals surface area contributed by atoms with Crippen molar-refractivity contribution in [2.24, 2.45) is 0 Å². The maximum atomic E-state index is 11.4. The van der Waals surface area contributed by atoms with E-state index in [0.717, 1.165) is 12.1 Å². The molecule has 0 radical (unpaired) electrons. The summed E-state index contributed by atoms with van der Waals surface area (Å²) >= 11 is 0. The van der Waals surface area contributed by atoms with E-state index < -0.39 is 17.4 Å². The van der Waals surface area contributed by atoms with E-state index in [1.807, 2.05) is 13.8 Å². The molecule has 0 bridgehead atoms. The molecule has 0 spiro atoms. The Morgan fingerprint density at radius 2 is 1.37 bits per heavy atom. The summed E-state index contributed by atoms with van der Waals surface area (Å²) in [6, 6.07) is 2.14. The fourth-order valence-corrected chi connectivity index (χ4v) is 1.18. The van der Waals surface area contributed by atoms with Crippen molar-refractivity contribution in [1.82, 2.24) is 4.98 Å². The summed E-state index contributed by atoms with van der Waals surface area (Å²) in [6.45, 7) is 7.66. The Morgan fingerprint density at radius 3 is 1.68 bits per heavy atom. The quantitative estimate of drug-likeness (QED) is 0.842. The highest BCUT2D eigenvalue weighted by Crippen LogP contribution is 2.00. The third kappa shape index (κ3) is 5.37. The molecule has 1 N–H and O–H groups in total. The molecule has 19 heavy (non-hydrogen) atoms. The number of rotatable bonds is 4. The van der Waals surface area contributed by atoms with Crippen LogP contribution in [-0.4, -0.2) is 30.1 Å². The van der Waals surface area contributed by atoms with Gasteiger partial charge in [0.2, 0.25) is 0 Å². The maximum Gasteiger partial charge on any atom is 0.354 e. The van der Waals surface area contributed by atoms with Gasteiger partial charge < -0.3 is 14.5 Å². The van der Waals surface area contributed by atoms with E-state index >= 15 is 0 Å². The molecule has 1 heterocycles. The molecular weight excluding hydrogens is 250 g/mol. The van der Waals surface area contributed by atoms with Crippen molar-refractivity contribution in [3.8, 4) is 0 Å². The Hall–Kier alpha value is -2.11. The number of hydrogen-bond acceptors (Lipinski definition) is 5. The molecule has 106 valence electrons. The van der Waals surface area contributed by atoms with E-state index in [2.05, 4.69) is 4.98 Å². The number of hydrogen-bond donors (Lipinski definition) is 1.